The van der Waals surface area contributed by atoms with E-state index >= 15 is 0 Å². The highest BCUT2D eigenvalue weighted by molar-refractivity contribution is 5.94. The van der Waals surface area contributed by atoms with E-state index in [2.05, 4.69) is 17.6 Å². The third-order valence-corrected chi connectivity index (χ3v) is 5.29. The Morgan fingerprint density at radius 2 is 1.32 bits per heavy atom. The number of amides is 2. The molecule has 2 aromatic carbocycles. The first-order valence-electron chi connectivity index (χ1n) is 9.62. The van der Waals surface area contributed by atoms with Crippen LogP contribution in [0, 0.1) is 23.5 Å². The number of halogens is 2. The lowest BCUT2D eigenvalue weighted by Crippen LogP contribution is -2.32. The van der Waals surface area contributed by atoms with E-state index < -0.39 is 11.6 Å². The number of aryl methyl sites for hydroxylation is 1. The molecule has 1 fully saturated rings. The van der Waals surface area contributed by atoms with Crippen molar-refractivity contribution in [2.75, 3.05) is 10.6 Å². The van der Waals surface area contributed by atoms with Crippen molar-refractivity contribution in [2.45, 2.75) is 39.0 Å². The second-order valence-corrected chi connectivity index (χ2v) is 7.21. The molecule has 1 aliphatic rings. The molecule has 0 bridgehead atoms. The van der Waals surface area contributed by atoms with Gasteiger partial charge >= 0.3 is 0 Å². The maximum absolute atomic E-state index is 13.3. The van der Waals surface area contributed by atoms with Gasteiger partial charge in [-0.15, -0.1) is 0 Å². The Balaban J connectivity index is 1.49. The molecule has 28 heavy (non-hydrogen) atoms. The standard InChI is InChI=1S/C22H24F2N2O2/c1-2-14-3-9-17(10-4-14)25-21(27)15-5-7-16(8-6-15)22(28)26-18-11-12-19(23)20(24)13-18/h3-4,9-13,15-16H,2,5-8H2,1H3,(H,25,27)(H,26,28). The first-order valence-corrected chi connectivity index (χ1v) is 9.62. The zero-order chi connectivity index (χ0) is 20.1. The molecule has 0 aromatic heterocycles. The minimum atomic E-state index is -0.995. The van der Waals surface area contributed by atoms with Gasteiger partial charge in [0.05, 0.1) is 0 Å². The highest BCUT2D eigenvalue weighted by atomic mass is 19.2. The Morgan fingerprint density at radius 3 is 1.82 bits per heavy atom. The van der Waals surface area contributed by atoms with Gasteiger partial charge in [0, 0.05) is 29.3 Å². The highest BCUT2D eigenvalue weighted by Gasteiger charge is 2.30. The molecular formula is C22H24F2N2O2. The molecule has 0 saturated heterocycles. The second kappa shape index (κ2) is 8.95. The SMILES string of the molecule is CCc1ccc(NC(=O)C2CCC(C(=O)Nc3ccc(F)c(F)c3)CC2)cc1. The predicted octanol–water partition coefficient (Wildman–Crippen LogP) is 4.91. The molecule has 6 heteroatoms. The number of rotatable bonds is 5. The number of anilines is 2. The average molecular weight is 386 g/mol. The summed E-state index contributed by atoms with van der Waals surface area (Å²) in [5, 5.41) is 5.57. The van der Waals surface area contributed by atoms with Crippen LogP contribution < -0.4 is 10.6 Å². The summed E-state index contributed by atoms with van der Waals surface area (Å²) in [6, 6.07) is 11.1. The van der Waals surface area contributed by atoms with Gasteiger partial charge in [0.1, 0.15) is 0 Å². The smallest absolute Gasteiger partial charge is 0.227 e. The fraction of sp³-hybridized carbons (Fsp3) is 0.364. The van der Waals surface area contributed by atoms with Crippen molar-refractivity contribution in [1.29, 1.82) is 0 Å². The quantitative estimate of drug-likeness (QED) is 0.767. The highest BCUT2D eigenvalue weighted by Crippen LogP contribution is 2.30. The molecule has 1 saturated carbocycles. The average Bonchev–Trinajstić information content (AvgIpc) is 2.71. The van der Waals surface area contributed by atoms with E-state index in [0.29, 0.717) is 25.7 Å². The van der Waals surface area contributed by atoms with Gasteiger partial charge in [-0.05, 0) is 61.9 Å². The first kappa shape index (κ1) is 20.0. The second-order valence-electron chi connectivity index (χ2n) is 7.21. The van der Waals surface area contributed by atoms with Crippen LogP contribution in [-0.2, 0) is 16.0 Å². The van der Waals surface area contributed by atoms with Gasteiger partial charge in [-0.1, -0.05) is 19.1 Å². The fourth-order valence-corrected chi connectivity index (χ4v) is 3.50. The van der Waals surface area contributed by atoms with Crippen LogP contribution in [0.1, 0.15) is 38.2 Å². The summed E-state index contributed by atoms with van der Waals surface area (Å²) in [5.74, 6) is -2.55. The molecule has 1 aliphatic carbocycles. The Bertz CT molecular complexity index is 844. The van der Waals surface area contributed by atoms with Gasteiger partial charge in [-0.2, -0.15) is 0 Å². The number of carbonyl (C=O) groups excluding carboxylic acids is 2. The zero-order valence-corrected chi connectivity index (χ0v) is 15.8. The number of hydrogen-bond acceptors (Lipinski definition) is 2. The monoisotopic (exact) mass is 386 g/mol. The largest absolute Gasteiger partial charge is 0.326 e. The molecular weight excluding hydrogens is 362 g/mol. The Hall–Kier alpha value is -2.76. The normalized spacial score (nSPS) is 19.1. The summed E-state index contributed by atoms with van der Waals surface area (Å²) in [7, 11) is 0. The fourth-order valence-electron chi connectivity index (χ4n) is 3.50. The van der Waals surface area contributed by atoms with Crippen LogP contribution in [-0.4, -0.2) is 11.8 Å². The van der Waals surface area contributed by atoms with Crippen molar-refractivity contribution in [3.63, 3.8) is 0 Å². The maximum atomic E-state index is 13.3. The van der Waals surface area contributed by atoms with Gasteiger partial charge in [-0.25, -0.2) is 8.78 Å². The van der Waals surface area contributed by atoms with Gasteiger partial charge < -0.3 is 10.6 Å². The van der Waals surface area contributed by atoms with Crippen LogP contribution in [0.2, 0.25) is 0 Å². The summed E-state index contributed by atoms with van der Waals surface area (Å²) >= 11 is 0. The molecule has 148 valence electrons. The molecule has 2 N–H and O–H groups in total. The first-order chi connectivity index (χ1) is 13.5. The summed E-state index contributed by atoms with van der Waals surface area (Å²) in [4.78, 5) is 24.8. The lowest BCUT2D eigenvalue weighted by atomic mass is 9.81. The molecule has 0 heterocycles. The van der Waals surface area contributed by atoms with Crippen LogP contribution in [0.5, 0.6) is 0 Å². The van der Waals surface area contributed by atoms with Gasteiger partial charge in [0.15, 0.2) is 11.6 Å². The van der Waals surface area contributed by atoms with E-state index in [0.717, 1.165) is 24.2 Å². The van der Waals surface area contributed by atoms with Crippen LogP contribution in [0.3, 0.4) is 0 Å². The number of carbonyl (C=O) groups is 2. The molecule has 0 aliphatic heterocycles. The van der Waals surface area contributed by atoms with Crippen LogP contribution in [0.25, 0.3) is 0 Å². The van der Waals surface area contributed by atoms with E-state index in [4.69, 9.17) is 0 Å². The maximum Gasteiger partial charge on any atom is 0.227 e. The van der Waals surface area contributed by atoms with Crippen LogP contribution in [0.15, 0.2) is 42.5 Å². The van der Waals surface area contributed by atoms with E-state index in [1.54, 1.807) is 0 Å². The van der Waals surface area contributed by atoms with Crippen molar-refractivity contribution in [2.24, 2.45) is 11.8 Å². The molecule has 2 amide bonds. The van der Waals surface area contributed by atoms with E-state index in [1.165, 1.54) is 11.6 Å². The molecule has 0 spiro atoms. The van der Waals surface area contributed by atoms with E-state index in [1.807, 2.05) is 24.3 Å². The molecule has 2 aromatic rings. The Morgan fingerprint density at radius 1 is 0.821 bits per heavy atom. The molecule has 0 unspecified atom stereocenters. The van der Waals surface area contributed by atoms with Crippen LogP contribution in [0.4, 0.5) is 20.2 Å². The molecule has 0 radical (unpaired) electrons. The number of benzene rings is 2. The van der Waals surface area contributed by atoms with Gasteiger partial charge in [-0.3, -0.25) is 9.59 Å². The summed E-state index contributed by atoms with van der Waals surface area (Å²) in [5.41, 5.74) is 2.23. The Labute approximate surface area is 163 Å². The van der Waals surface area contributed by atoms with E-state index in [-0.39, 0.29) is 29.3 Å². The molecule has 3 rings (SSSR count). The lowest BCUT2D eigenvalue weighted by Gasteiger charge is -2.27. The molecule has 4 nitrogen and oxygen atoms in total. The summed E-state index contributed by atoms with van der Waals surface area (Å²) < 4.78 is 26.2. The lowest BCUT2D eigenvalue weighted by molar-refractivity contribution is -0.125. The zero-order valence-electron chi connectivity index (χ0n) is 15.8. The van der Waals surface area contributed by atoms with Crippen molar-refractivity contribution in [3.8, 4) is 0 Å². The van der Waals surface area contributed by atoms with Crippen molar-refractivity contribution >= 4 is 23.2 Å². The Kier molecular flexibility index (Phi) is 6.39. The minimum absolute atomic E-state index is 0.0243. The van der Waals surface area contributed by atoms with E-state index in [9.17, 15) is 18.4 Å². The summed E-state index contributed by atoms with van der Waals surface area (Å²) in [6.45, 7) is 2.08. The number of hydrogen-bond donors (Lipinski definition) is 2. The minimum Gasteiger partial charge on any atom is -0.326 e. The van der Waals surface area contributed by atoms with Crippen molar-refractivity contribution in [1.82, 2.24) is 0 Å². The van der Waals surface area contributed by atoms with Gasteiger partial charge in [0.25, 0.3) is 0 Å². The molecule has 0 atom stereocenters. The third kappa shape index (κ3) is 4.94. The van der Waals surface area contributed by atoms with Crippen molar-refractivity contribution < 1.29 is 18.4 Å². The summed E-state index contributed by atoms with van der Waals surface area (Å²) in [6.07, 6.45) is 3.36. The van der Waals surface area contributed by atoms with Gasteiger partial charge in [0.2, 0.25) is 11.8 Å². The third-order valence-electron chi connectivity index (χ3n) is 5.29. The van der Waals surface area contributed by atoms with Crippen molar-refractivity contribution in [3.05, 3.63) is 59.7 Å². The predicted molar refractivity (Wildman–Crippen MR) is 105 cm³/mol. The topological polar surface area (TPSA) is 58.2 Å². The van der Waals surface area contributed by atoms with Crippen LogP contribution >= 0.6 is 0 Å². The number of nitrogens with one attached hydrogen (secondary N) is 2.